The molecule has 0 saturated carbocycles. The lowest BCUT2D eigenvalue weighted by Crippen LogP contribution is -2.42. The second-order valence-electron chi connectivity index (χ2n) is 8.35. The van der Waals surface area contributed by atoms with Gasteiger partial charge in [0.25, 0.3) is 11.8 Å². The van der Waals surface area contributed by atoms with Crippen molar-refractivity contribution in [3.05, 3.63) is 48.0 Å². The lowest BCUT2D eigenvalue weighted by molar-refractivity contribution is -0.141. The molecule has 1 aromatic rings. The molecule has 1 aliphatic heterocycles. The highest BCUT2D eigenvalue weighted by atomic mass is 16.4. The Morgan fingerprint density at radius 2 is 1.53 bits per heavy atom. The van der Waals surface area contributed by atoms with Gasteiger partial charge in [0.15, 0.2) is 0 Å². The summed E-state index contributed by atoms with van der Waals surface area (Å²) in [5, 5.41) is 20.1. The minimum atomic E-state index is -1.07. The summed E-state index contributed by atoms with van der Waals surface area (Å²) in [6.45, 7) is 0.935. The van der Waals surface area contributed by atoms with Gasteiger partial charge in [-0.15, -0.1) is 0 Å². The molecule has 0 spiro atoms. The second-order valence-corrected chi connectivity index (χ2v) is 8.35. The third kappa shape index (κ3) is 12.2. The molecule has 0 aromatic heterocycles. The molecule has 1 aromatic carbocycles. The Bertz CT molecular complexity index is 887. The van der Waals surface area contributed by atoms with Crippen LogP contribution in [-0.2, 0) is 30.4 Å². The number of aliphatic carboxylic acids is 2. The van der Waals surface area contributed by atoms with Gasteiger partial charge in [0, 0.05) is 31.5 Å². The Hall–Kier alpha value is -3.57. The van der Waals surface area contributed by atoms with E-state index in [1.807, 2.05) is 30.3 Å². The van der Waals surface area contributed by atoms with Crippen molar-refractivity contribution in [2.75, 3.05) is 13.1 Å². The minimum absolute atomic E-state index is 0.207. The molecule has 3 amide bonds. The van der Waals surface area contributed by atoms with E-state index >= 15 is 0 Å². The number of amides is 3. The van der Waals surface area contributed by atoms with E-state index in [1.165, 1.54) is 17.1 Å². The number of rotatable bonds is 15. The maximum Gasteiger partial charge on any atom is 0.326 e. The van der Waals surface area contributed by atoms with Gasteiger partial charge in [-0.2, -0.15) is 0 Å². The maximum absolute atomic E-state index is 12.0. The molecule has 7 N–H and O–H groups in total. The first kappa shape index (κ1) is 30.5. The summed E-state index contributed by atoms with van der Waals surface area (Å²) < 4.78 is 0. The minimum Gasteiger partial charge on any atom is -0.480 e. The number of nitrogens with one attached hydrogen (secondary N) is 1. The van der Waals surface area contributed by atoms with Crippen molar-refractivity contribution >= 4 is 29.7 Å². The van der Waals surface area contributed by atoms with Gasteiger partial charge < -0.3 is 27.0 Å². The van der Waals surface area contributed by atoms with E-state index in [9.17, 15) is 29.1 Å². The van der Waals surface area contributed by atoms with Gasteiger partial charge in [-0.05, 0) is 37.8 Å². The molecule has 1 heterocycles. The van der Waals surface area contributed by atoms with E-state index in [0.29, 0.717) is 38.8 Å². The molecule has 0 unspecified atom stereocenters. The highest BCUT2D eigenvalue weighted by molar-refractivity contribution is 6.12. The van der Waals surface area contributed by atoms with E-state index in [1.54, 1.807) is 0 Å². The smallest absolute Gasteiger partial charge is 0.326 e. The van der Waals surface area contributed by atoms with Gasteiger partial charge in [-0.1, -0.05) is 43.2 Å². The van der Waals surface area contributed by atoms with Crippen LogP contribution in [0, 0.1) is 0 Å². The van der Waals surface area contributed by atoms with Gasteiger partial charge >= 0.3 is 11.9 Å². The molecule has 0 fully saturated rings. The van der Waals surface area contributed by atoms with Crippen LogP contribution in [0.25, 0.3) is 0 Å². The van der Waals surface area contributed by atoms with E-state index < -0.39 is 24.0 Å². The number of imide groups is 1. The number of benzene rings is 1. The average Bonchev–Trinajstić information content (AvgIpc) is 3.16. The largest absolute Gasteiger partial charge is 0.480 e. The molecule has 11 nitrogen and oxygen atoms in total. The molecule has 0 saturated heterocycles. The van der Waals surface area contributed by atoms with Crippen LogP contribution in [0.4, 0.5) is 0 Å². The summed E-state index contributed by atoms with van der Waals surface area (Å²) in [5.41, 5.74) is 11.3. The summed E-state index contributed by atoms with van der Waals surface area (Å²) in [7, 11) is 0. The maximum atomic E-state index is 12.0. The van der Waals surface area contributed by atoms with Crippen LogP contribution in [-0.4, -0.2) is 69.9 Å². The van der Waals surface area contributed by atoms with Crippen LogP contribution in [0.3, 0.4) is 0 Å². The molecule has 11 heteroatoms. The van der Waals surface area contributed by atoms with Crippen molar-refractivity contribution in [1.29, 1.82) is 0 Å². The Kier molecular flexibility index (Phi) is 14.3. The molecule has 2 rings (SSSR count). The Labute approximate surface area is 210 Å². The SMILES string of the molecule is NCCCC[C@H](N)C(=O)O.O=C(CCCCCN1C(=O)C=CC1=O)N[C@@H](Cc1ccccc1)C(=O)O. The molecule has 0 aliphatic carbocycles. The van der Waals surface area contributed by atoms with Crippen molar-refractivity contribution in [2.24, 2.45) is 11.5 Å². The van der Waals surface area contributed by atoms with Gasteiger partial charge in [0.1, 0.15) is 12.1 Å². The number of unbranched alkanes of at least 4 members (excludes halogenated alkanes) is 3. The standard InChI is InChI=1S/C19H22N2O5.C6H14N2O2/c22-16(9-5-2-6-12-21-17(23)10-11-18(21)24)20-15(19(25)26)13-14-7-3-1-4-8-14;7-4-2-1-3-5(8)6(9)10/h1,3-4,7-8,10-11,15H,2,5-6,9,12-13H2,(H,20,22)(H,25,26);5H,1-4,7-8H2,(H,9,10)/t15-;5-/m00/s1. The Morgan fingerprint density at radius 1 is 0.889 bits per heavy atom. The molecule has 36 heavy (non-hydrogen) atoms. The molecule has 0 bridgehead atoms. The zero-order valence-corrected chi connectivity index (χ0v) is 20.3. The lowest BCUT2D eigenvalue weighted by Gasteiger charge is -2.15. The van der Waals surface area contributed by atoms with Crippen molar-refractivity contribution in [2.45, 2.75) is 63.5 Å². The van der Waals surface area contributed by atoms with Gasteiger partial charge in [0.05, 0.1) is 0 Å². The molecular weight excluding hydrogens is 468 g/mol. The molecule has 1 aliphatic rings. The third-order valence-electron chi connectivity index (χ3n) is 5.39. The zero-order chi connectivity index (χ0) is 26.9. The summed E-state index contributed by atoms with van der Waals surface area (Å²) in [4.78, 5) is 57.4. The van der Waals surface area contributed by atoms with Crippen LogP contribution in [0.2, 0.25) is 0 Å². The first-order valence-corrected chi connectivity index (χ1v) is 11.9. The van der Waals surface area contributed by atoms with E-state index in [0.717, 1.165) is 18.4 Å². The van der Waals surface area contributed by atoms with Crippen LogP contribution >= 0.6 is 0 Å². The third-order valence-corrected chi connectivity index (χ3v) is 5.39. The normalized spacial score (nSPS) is 14.1. The van der Waals surface area contributed by atoms with E-state index in [4.69, 9.17) is 16.6 Å². The summed E-state index contributed by atoms with van der Waals surface area (Å²) in [5.74, 6) is -2.93. The first-order valence-electron chi connectivity index (χ1n) is 11.9. The van der Waals surface area contributed by atoms with Gasteiger partial charge in [0.2, 0.25) is 5.91 Å². The van der Waals surface area contributed by atoms with Crippen LogP contribution in [0.15, 0.2) is 42.5 Å². The highest BCUT2D eigenvalue weighted by Gasteiger charge is 2.23. The lowest BCUT2D eigenvalue weighted by atomic mass is 10.1. The van der Waals surface area contributed by atoms with Crippen LogP contribution in [0.1, 0.15) is 50.5 Å². The quantitative estimate of drug-likeness (QED) is 0.170. The Morgan fingerprint density at radius 3 is 2.08 bits per heavy atom. The number of carboxylic acids is 2. The van der Waals surface area contributed by atoms with Gasteiger partial charge in [-0.3, -0.25) is 24.1 Å². The van der Waals surface area contributed by atoms with Crippen LogP contribution in [0.5, 0.6) is 0 Å². The van der Waals surface area contributed by atoms with Gasteiger partial charge in [-0.25, -0.2) is 4.79 Å². The Balaban J connectivity index is 0.000000548. The fourth-order valence-corrected chi connectivity index (χ4v) is 3.33. The average molecular weight is 505 g/mol. The van der Waals surface area contributed by atoms with Crippen molar-refractivity contribution < 1.29 is 34.2 Å². The summed E-state index contributed by atoms with van der Waals surface area (Å²) in [6.07, 6.45) is 6.93. The number of carboxylic acid groups (broad SMARTS) is 2. The van der Waals surface area contributed by atoms with E-state index in [-0.39, 0.29) is 30.6 Å². The zero-order valence-electron chi connectivity index (χ0n) is 20.3. The summed E-state index contributed by atoms with van der Waals surface area (Å²) >= 11 is 0. The number of hydrogen-bond acceptors (Lipinski definition) is 7. The monoisotopic (exact) mass is 504 g/mol. The number of hydrogen-bond donors (Lipinski definition) is 5. The molecule has 198 valence electrons. The van der Waals surface area contributed by atoms with Crippen molar-refractivity contribution in [3.63, 3.8) is 0 Å². The van der Waals surface area contributed by atoms with E-state index in [2.05, 4.69) is 5.32 Å². The first-order chi connectivity index (χ1) is 17.1. The topological polar surface area (TPSA) is 193 Å². The van der Waals surface area contributed by atoms with Crippen molar-refractivity contribution in [3.8, 4) is 0 Å². The summed E-state index contributed by atoms with van der Waals surface area (Å²) in [6, 6.07) is 7.44. The highest BCUT2D eigenvalue weighted by Crippen LogP contribution is 2.08. The fraction of sp³-hybridized carbons (Fsp3) is 0.480. The molecular formula is C25H36N4O7. The molecule has 2 atom stereocenters. The number of nitrogens with zero attached hydrogens (tertiary/aromatic N) is 1. The van der Waals surface area contributed by atoms with Crippen LogP contribution < -0.4 is 16.8 Å². The number of carbonyl (C=O) groups is 5. The number of carbonyl (C=O) groups excluding carboxylic acids is 3. The molecule has 0 radical (unpaired) electrons. The predicted octanol–water partition coefficient (Wildman–Crippen LogP) is 0.811. The van der Waals surface area contributed by atoms with Crippen molar-refractivity contribution in [1.82, 2.24) is 10.2 Å². The predicted molar refractivity (Wildman–Crippen MR) is 133 cm³/mol. The number of nitrogens with two attached hydrogens (primary N) is 2. The second kappa shape index (κ2) is 17.0. The fourth-order valence-electron chi connectivity index (χ4n) is 3.33.